The molecular formula is C16H18F3N3O2. The first kappa shape index (κ1) is 16.8. The lowest BCUT2D eigenvalue weighted by Crippen LogP contribution is -2.28. The second-order valence-electron chi connectivity index (χ2n) is 5.94. The molecule has 0 unspecified atom stereocenters. The number of aromatic nitrogens is 2. The molecule has 1 aliphatic carbocycles. The molecule has 5 nitrogen and oxygen atoms in total. The van der Waals surface area contributed by atoms with Crippen molar-refractivity contribution in [3.8, 4) is 5.75 Å². The minimum Gasteiger partial charge on any atom is -0.482 e. The van der Waals surface area contributed by atoms with Crippen LogP contribution in [0.25, 0.3) is 10.9 Å². The average Bonchev–Trinajstić information content (AvgIpc) is 2.54. The van der Waals surface area contributed by atoms with Crippen LogP contribution in [0.2, 0.25) is 0 Å². The molecule has 1 aromatic heterocycles. The van der Waals surface area contributed by atoms with Gasteiger partial charge >= 0.3 is 6.18 Å². The first-order chi connectivity index (χ1) is 11.4. The van der Waals surface area contributed by atoms with Crippen molar-refractivity contribution < 1.29 is 23.0 Å². The Bertz CT molecular complexity index is 701. The summed E-state index contributed by atoms with van der Waals surface area (Å²) in [5.74, 6) is 0.432. The third-order valence-electron chi connectivity index (χ3n) is 4.00. The lowest BCUT2D eigenvalue weighted by molar-refractivity contribution is -0.153. The Labute approximate surface area is 136 Å². The molecule has 2 aromatic rings. The number of nitrogens with zero attached hydrogens (tertiary/aromatic N) is 2. The van der Waals surface area contributed by atoms with Gasteiger partial charge in [0.2, 0.25) is 5.95 Å². The predicted octanol–water partition coefficient (Wildman–Crippen LogP) is 3.29. The van der Waals surface area contributed by atoms with Crippen molar-refractivity contribution in [2.45, 2.75) is 44.0 Å². The lowest BCUT2D eigenvalue weighted by atomic mass is 9.93. The van der Waals surface area contributed by atoms with Crippen molar-refractivity contribution in [1.82, 2.24) is 9.97 Å². The van der Waals surface area contributed by atoms with Crippen LogP contribution in [-0.4, -0.2) is 40.0 Å². The maximum absolute atomic E-state index is 12.4. The number of anilines is 1. The highest BCUT2D eigenvalue weighted by Crippen LogP contribution is 2.27. The van der Waals surface area contributed by atoms with Gasteiger partial charge < -0.3 is 15.2 Å². The highest BCUT2D eigenvalue weighted by atomic mass is 19.4. The molecule has 0 spiro atoms. The van der Waals surface area contributed by atoms with Gasteiger partial charge in [0.25, 0.3) is 0 Å². The van der Waals surface area contributed by atoms with Gasteiger partial charge in [-0.2, -0.15) is 13.2 Å². The lowest BCUT2D eigenvalue weighted by Gasteiger charge is -2.26. The number of nitrogens with one attached hydrogen (secondary N) is 1. The van der Waals surface area contributed by atoms with Crippen molar-refractivity contribution in [3.05, 3.63) is 24.4 Å². The highest BCUT2D eigenvalue weighted by Gasteiger charge is 2.29. The maximum atomic E-state index is 12.4. The van der Waals surface area contributed by atoms with Crippen LogP contribution in [0.5, 0.6) is 5.75 Å². The molecule has 0 bridgehead atoms. The summed E-state index contributed by atoms with van der Waals surface area (Å²) in [7, 11) is 0. The number of fused-ring (bicyclic) bond motifs is 1. The number of hydrogen-bond acceptors (Lipinski definition) is 5. The highest BCUT2D eigenvalue weighted by molar-refractivity contribution is 5.84. The van der Waals surface area contributed by atoms with Gasteiger partial charge in [0.15, 0.2) is 6.61 Å². The van der Waals surface area contributed by atoms with Gasteiger partial charge in [-0.3, -0.25) is 0 Å². The zero-order valence-electron chi connectivity index (χ0n) is 12.9. The summed E-state index contributed by atoms with van der Waals surface area (Å²) in [5.41, 5.74) is 0.343. The third-order valence-corrected chi connectivity index (χ3v) is 4.00. The van der Waals surface area contributed by atoms with E-state index in [1.54, 1.807) is 18.3 Å². The Morgan fingerprint density at radius 1 is 1.21 bits per heavy atom. The minimum atomic E-state index is -4.40. The van der Waals surface area contributed by atoms with Crippen molar-refractivity contribution in [1.29, 1.82) is 0 Å². The Kier molecular flexibility index (Phi) is 4.75. The van der Waals surface area contributed by atoms with Crippen molar-refractivity contribution in [2.75, 3.05) is 11.9 Å². The van der Waals surface area contributed by atoms with E-state index in [1.165, 1.54) is 6.07 Å². The molecule has 8 heteroatoms. The van der Waals surface area contributed by atoms with Crippen LogP contribution < -0.4 is 10.1 Å². The largest absolute Gasteiger partial charge is 0.482 e. The molecule has 1 aromatic carbocycles. The van der Waals surface area contributed by atoms with E-state index in [0.717, 1.165) is 12.8 Å². The van der Waals surface area contributed by atoms with Gasteiger partial charge in [-0.15, -0.1) is 0 Å². The molecule has 1 heterocycles. The van der Waals surface area contributed by atoms with Gasteiger partial charge in [-0.05, 0) is 31.7 Å². The summed E-state index contributed by atoms with van der Waals surface area (Å²) >= 11 is 0. The molecule has 2 N–H and O–H groups in total. The quantitative estimate of drug-likeness (QED) is 0.893. The number of aliphatic hydroxyl groups is 1. The maximum Gasteiger partial charge on any atom is 0.422 e. The number of para-hydroxylation sites is 1. The Balaban J connectivity index is 1.78. The van der Waals surface area contributed by atoms with Gasteiger partial charge in [0.05, 0.1) is 6.10 Å². The molecule has 3 rings (SSSR count). The second-order valence-corrected chi connectivity index (χ2v) is 5.94. The van der Waals surface area contributed by atoms with E-state index >= 15 is 0 Å². The van der Waals surface area contributed by atoms with Gasteiger partial charge in [0, 0.05) is 17.6 Å². The van der Waals surface area contributed by atoms with E-state index in [0.29, 0.717) is 29.7 Å². The number of hydrogen-bond donors (Lipinski definition) is 2. The summed E-state index contributed by atoms with van der Waals surface area (Å²) in [6, 6.07) is 4.93. The molecule has 0 aliphatic heterocycles. The van der Waals surface area contributed by atoms with E-state index < -0.39 is 12.8 Å². The number of alkyl halides is 3. The molecule has 1 fully saturated rings. The van der Waals surface area contributed by atoms with Crippen LogP contribution in [0.1, 0.15) is 25.7 Å². The van der Waals surface area contributed by atoms with Gasteiger partial charge in [0.1, 0.15) is 11.3 Å². The predicted molar refractivity (Wildman–Crippen MR) is 83.0 cm³/mol. The first-order valence-electron chi connectivity index (χ1n) is 7.80. The monoisotopic (exact) mass is 341 g/mol. The van der Waals surface area contributed by atoms with Crippen LogP contribution in [0.4, 0.5) is 19.1 Å². The Morgan fingerprint density at radius 3 is 2.67 bits per heavy atom. The molecule has 130 valence electrons. The molecule has 0 atom stereocenters. The average molecular weight is 341 g/mol. The van der Waals surface area contributed by atoms with Crippen molar-refractivity contribution >= 4 is 16.9 Å². The normalized spacial score (nSPS) is 21.7. The third kappa shape index (κ3) is 4.25. The standard InChI is InChI=1S/C16H18F3N3O2/c17-16(18,19)9-24-13-3-1-2-10-8-20-15(22-14(10)13)21-11-4-6-12(23)7-5-11/h1-3,8,11-12,23H,4-7,9H2,(H,20,21,22). The number of ether oxygens (including phenoxy) is 1. The molecule has 24 heavy (non-hydrogen) atoms. The van der Waals surface area contributed by atoms with Gasteiger partial charge in [-0.1, -0.05) is 12.1 Å². The molecular weight excluding hydrogens is 323 g/mol. The summed E-state index contributed by atoms with van der Waals surface area (Å²) in [6.45, 7) is -1.36. The van der Waals surface area contributed by atoms with E-state index in [4.69, 9.17) is 4.74 Å². The SMILES string of the molecule is OC1CCC(Nc2ncc3cccc(OCC(F)(F)F)c3n2)CC1. The van der Waals surface area contributed by atoms with Gasteiger partial charge in [-0.25, -0.2) is 9.97 Å². The van der Waals surface area contributed by atoms with Crippen LogP contribution in [0.3, 0.4) is 0 Å². The van der Waals surface area contributed by atoms with E-state index in [2.05, 4.69) is 15.3 Å². The number of rotatable bonds is 4. The minimum absolute atomic E-state index is 0.0781. The summed E-state index contributed by atoms with van der Waals surface area (Å²) in [4.78, 5) is 8.52. The fraction of sp³-hybridized carbons (Fsp3) is 0.500. The topological polar surface area (TPSA) is 67.3 Å². The van der Waals surface area contributed by atoms with Crippen LogP contribution in [0, 0.1) is 0 Å². The summed E-state index contributed by atoms with van der Waals surface area (Å²) in [5, 5.41) is 13.3. The summed E-state index contributed by atoms with van der Waals surface area (Å²) < 4.78 is 42.0. The number of aliphatic hydroxyl groups excluding tert-OH is 1. The fourth-order valence-electron chi connectivity index (χ4n) is 2.78. The van der Waals surface area contributed by atoms with E-state index in [1.807, 2.05) is 0 Å². The molecule has 1 aliphatic rings. The fourth-order valence-corrected chi connectivity index (χ4v) is 2.78. The molecule has 0 radical (unpaired) electrons. The molecule has 0 amide bonds. The van der Waals surface area contributed by atoms with Crippen LogP contribution >= 0.6 is 0 Å². The smallest absolute Gasteiger partial charge is 0.422 e. The Morgan fingerprint density at radius 2 is 1.96 bits per heavy atom. The van der Waals surface area contributed by atoms with Crippen molar-refractivity contribution in [2.24, 2.45) is 0 Å². The summed E-state index contributed by atoms with van der Waals surface area (Å²) in [6.07, 6.45) is -0.0787. The second kappa shape index (κ2) is 6.80. The zero-order chi connectivity index (χ0) is 17.2. The van der Waals surface area contributed by atoms with Crippen LogP contribution in [-0.2, 0) is 0 Å². The molecule has 0 saturated heterocycles. The number of halogens is 3. The van der Waals surface area contributed by atoms with E-state index in [-0.39, 0.29) is 17.9 Å². The first-order valence-corrected chi connectivity index (χ1v) is 7.80. The Hall–Kier alpha value is -2.09. The molecule has 1 saturated carbocycles. The number of benzene rings is 1. The van der Waals surface area contributed by atoms with Crippen molar-refractivity contribution in [3.63, 3.8) is 0 Å². The van der Waals surface area contributed by atoms with Crippen LogP contribution in [0.15, 0.2) is 24.4 Å². The zero-order valence-corrected chi connectivity index (χ0v) is 12.9. The van der Waals surface area contributed by atoms with E-state index in [9.17, 15) is 18.3 Å².